The second-order valence-electron chi connectivity index (χ2n) is 6.41. The Balaban J connectivity index is 1.99. The Morgan fingerprint density at radius 3 is 2.57 bits per heavy atom. The Bertz CT molecular complexity index is 1250. The number of rotatable bonds is 4. The molecule has 0 spiro atoms. The highest BCUT2D eigenvalue weighted by atomic mass is 32.2. The van der Waals surface area contributed by atoms with Crippen molar-refractivity contribution in [3.8, 4) is 22.2 Å². The van der Waals surface area contributed by atoms with Gasteiger partial charge in [0, 0.05) is 4.88 Å². The summed E-state index contributed by atoms with van der Waals surface area (Å²) in [6, 6.07) is 21.9. The minimum absolute atomic E-state index is 0.106. The van der Waals surface area contributed by atoms with Gasteiger partial charge in [0.05, 0.1) is 22.4 Å². The Kier molecular flexibility index (Phi) is 5.03. The molecule has 0 radical (unpaired) electrons. The number of fused-ring (bicyclic) bond motifs is 1. The number of para-hydroxylation sites is 1. The third kappa shape index (κ3) is 3.35. The average Bonchev–Trinajstić information content (AvgIpc) is 3.14. The van der Waals surface area contributed by atoms with E-state index in [2.05, 4.69) is 6.07 Å². The van der Waals surface area contributed by atoms with Gasteiger partial charge in [-0.2, -0.15) is 5.26 Å². The second kappa shape index (κ2) is 7.63. The zero-order chi connectivity index (χ0) is 19.7. The van der Waals surface area contributed by atoms with Crippen molar-refractivity contribution in [3.05, 3.63) is 76.6 Å². The van der Waals surface area contributed by atoms with Gasteiger partial charge in [-0.15, -0.1) is 11.3 Å². The largest absolute Gasteiger partial charge is 0.268 e. The molecule has 0 saturated carbocycles. The molecule has 0 saturated heterocycles. The standard InChI is InChI=1S/C22H17N3OS2/c1-14-8-6-7-11-18(14)25-21(26)17-12-19(16-9-4-3-5-10-16)28-20(17)24-22(25)27-15(2)13-23/h3-12,15H,1-2H3. The summed E-state index contributed by atoms with van der Waals surface area (Å²) in [5.41, 5.74) is 2.73. The summed E-state index contributed by atoms with van der Waals surface area (Å²) in [5, 5.41) is 10.1. The summed E-state index contributed by atoms with van der Waals surface area (Å²) < 4.78 is 1.64. The first-order valence-electron chi connectivity index (χ1n) is 8.83. The predicted octanol–water partition coefficient (Wildman–Crippen LogP) is 5.43. The van der Waals surface area contributed by atoms with E-state index in [-0.39, 0.29) is 10.8 Å². The topological polar surface area (TPSA) is 58.7 Å². The number of nitrogens with zero attached hydrogens (tertiary/aromatic N) is 3. The zero-order valence-corrected chi connectivity index (χ0v) is 17.1. The first kappa shape index (κ1) is 18.5. The van der Waals surface area contributed by atoms with Crippen LogP contribution >= 0.6 is 23.1 Å². The molecule has 6 heteroatoms. The van der Waals surface area contributed by atoms with Crippen LogP contribution in [0.2, 0.25) is 0 Å². The number of benzene rings is 2. The van der Waals surface area contributed by atoms with Crippen LogP contribution in [0.5, 0.6) is 0 Å². The molecule has 4 aromatic rings. The van der Waals surface area contributed by atoms with Gasteiger partial charge >= 0.3 is 0 Å². The molecule has 4 nitrogen and oxygen atoms in total. The molecule has 2 aromatic heterocycles. The van der Waals surface area contributed by atoms with Crippen LogP contribution in [0.4, 0.5) is 0 Å². The van der Waals surface area contributed by atoms with Crippen LogP contribution in [0.3, 0.4) is 0 Å². The molecule has 0 aliphatic heterocycles. The van der Waals surface area contributed by atoms with Crippen LogP contribution in [0, 0.1) is 18.3 Å². The van der Waals surface area contributed by atoms with Crippen molar-refractivity contribution >= 4 is 33.3 Å². The highest BCUT2D eigenvalue weighted by molar-refractivity contribution is 8.00. The van der Waals surface area contributed by atoms with E-state index in [4.69, 9.17) is 4.98 Å². The monoisotopic (exact) mass is 403 g/mol. The van der Waals surface area contributed by atoms with Crippen molar-refractivity contribution in [2.45, 2.75) is 24.3 Å². The Morgan fingerprint density at radius 2 is 1.86 bits per heavy atom. The van der Waals surface area contributed by atoms with E-state index in [0.29, 0.717) is 15.4 Å². The van der Waals surface area contributed by atoms with Gasteiger partial charge in [-0.3, -0.25) is 9.36 Å². The molecule has 0 amide bonds. The van der Waals surface area contributed by atoms with Crippen LogP contribution < -0.4 is 5.56 Å². The molecule has 0 aliphatic carbocycles. The lowest BCUT2D eigenvalue weighted by molar-refractivity contribution is 0.815. The van der Waals surface area contributed by atoms with Gasteiger partial charge in [-0.25, -0.2) is 4.98 Å². The number of hydrogen-bond donors (Lipinski definition) is 0. The molecule has 0 fully saturated rings. The molecule has 1 atom stereocenters. The van der Waals surface area contributed by atoms with Crippen LogP contribution in [0.25, 0.3) is 26.3 Å². The van der Waals surface area contributed by atoms with Crippen molar-refractivity contribution in [2.24, 2.45) is 0 Å². The number of nitriles is 1. The Labute approximate surface area is 171 Å². The molecule has 4 rings (SSSR count). The van der Waals surface area contributed by atoms with Crippen molar-refractivity contribution in [1.82, 2.24) is 9.55 Å². The number of thiophene rings is 1. The molecule has 2 aromatic carbocycles. The molecule has 138 valence electrons. The van der Waals surface area contributed by atoms with Crippen molar-refractivity contribution in [3.63, 3.8) is 0 Å². The molecule has 0 bridgehead atoms. The lowest BCUT2D eigenvalue weighted by Crippen LogP contribution is -2.22. The number of thioether (sulfide) groups is 1. The van der Waals surface area contributed by atoms with Gasteiger partial charge in [-0.1, -0.05) is 60.3 Å². The third-order valence-electron chi connectivity index (χ3n) is 4.41. The lowest BCUT2D eigenvalue weighted by Gasteiger charge is -2.14. The van der Waals surface area contributed by atoms with E-state index in [1.807, 2.05) is 74.5 Å². The maximum atomic E-state index is 13.4. The van der Waals surface area contributed by atoms with Gasteiger partial charge in [0.2, 0.25) is 0 Å². The minimum Gasteiger partial charge on any atom is -0.268 e. The maximum absolute atomic E-state index is 13.4. The smallest absolute Gasteiger partial charge is 0.267 e. The lowest BCUT2D eigenvalue weighted by atomic mass is 10.2. The number of aryl methyl sites for hydroxylation is 1. The van der Waals surface area contributed by atoms with Gasteiger partial charge in [0.25, 0.3) is 5.56 Å². The van der Waals surface area contributed by atoms with E-state index in [1.165, 1.54) is 23.1 Å². The second-order valence-corrected chi connectivity index (χ2v) is 8.74. The average molecular weight is 404 g/mol. The van der Waals surface area contributed by atoms with E-state index >= 15 is 0 Å². The zero-order valence-electron chi connectivity index (χ0n) is 15.4. The molecular weight excluding hydrogens is 386 g/mol. The van der Waals surface area contributed by atoms with Crippen molar-refractivity contribution in [1.29, 1.82) is 5.26 Å². The number of hydrogen-bond acceptors (Lipinski definition) is 5. The quantitative estimate of drug-likeness (QED) is 0.337. The summed E-state index contributed by atoms with van der Waals surface area (Å²) in [4.78, 5) is 19.9. The van der Waals surface area contributed by atoms with Crippen molar-refractivity contribution < 1.29 is 0 Å². The molecule has 0 N–H and O–H groups in total. The molecule has 28 heavy (non-hydrogen) atoms. The highest BCUT2D eigenvalue weighted by Crippen LogP contribution is 2.33. The Morgan fingerprint density at radius 1 is 1.14 bits per heavy atom. The first-order valence-corrected chi connectivity index (χ1v) is 10.5. The predicted molar refractivity (Wildman–Crippen MR) is 116 cm³/mol. The van der Waals surface area contributed by atoms with E-state index in [0.717, 1.165) is 21.7 Å². The molecule has 2 heterocycles. The van der Waals surface area contributed by atoms with Crippen LogP contribution in [-0.4, -0.2) is 14.8 Å². The van der Waals surface area contributed by atoms with Crippen LogP contribution in [0.1, 0.15) is 12.5 Å². The van der Waals surface area contributed by atoms with Gasteiger partial charge in [0.15, 0.2) is 5.16 Å². The van der Waals surface area contributed by atoms with Gasteiger partial charge < -0.3 is 0 Å². The normalized spacial score (nSPS) is 12.0. The Hall–Kier alpha value is -2.88. The summed E-state index contributed by atoms with van der Waals surface area (Å²) >= 11 is 2.81. The molecule has 0 aliphatic rings. The summed E-state index contributed by atoms with van der Waals surface area (Å²) in [6.45, 7) is 3.78. The fraction of sp³-hybridized carbons (Fsp3) is 0.136. The molecule has 1 unspecified atom stereocenters. The van der Waals surface area contributed by atoms with Gasteiger partial charge in [0.1, 0.15) is 4.83 Å². The van der Waals surface area contributed by atoms with Crippen LogP contribution in [-0.2, 0) is 0 Å². The summed E-state index contributed by atoms with van der Waals surface area (Å²) in [7, 11) is 0. The van der Waals surface area contributed by atoms with E-state index < -0.39 is 0 Å². The molecular formula is C22H17N3OS2. The highest BCUT2D eigenvalue weighted by Gasteiger charge is 2.19. The van der Waals surface area contributed by atoms with E-state index in [1.54, 1.807) is 4.57 Å². The fourth-order valence-corrected chi connectivity index (χ4v) is 4.88. The summed E-state index contributed by atoms with van der Waals surface area (Å²) in [5.74, 6) is 0. The van der Waals surface area contributed by atoms with Crippen LogP contribution in [0.15, 0.2) is 70.6 Å². The van der Waals surface area contributed by atoms with Crippen molar-refractivity contribution in [2.75, 3.05) is 0 Å². The van der Waals surface area contributed by atoms with E-state index in [9.17, 15) is 10.1 Å². The fourth-order valence-electron chi connectivity index (χ4n) is 3.00. The SMILES string of the molecule is Cc1ccccc1-n1c(SC(C)C#N)nc2sc(-c3ccccc3)cc2c1=O. The maximum Gasteiger partial charge on any atom is 0.267 e. The first-order chi connectivity index (χ1) is 13.6. The number of aromatic nitrogens is 2. The third-order valence-corrected chi connectivity index (χ3v) is 6.43. The summed E-state index contributed by atoms with van der Waals surface area (Å²) in [6.07, 6.45) is 0. The minimum atomic E-state index is -0.312. The van der Waals surface area contributed by atoms with Gasteiger partial charge in [-0.05, 0) is 37.1 Å².